The van der Waals surface area contributed by atoms with Gasteiger partial charge in [0.1, 0.15) is 5.75 Å². The van der Waals surface area contributed by atoms with Crippen LogP contribution in [0.2, 0.25) is 0 Å². The molecule has 5 nitrogen and oxygen atoms in total. The van der Waals surface area contributed by atoms with E-state index >= 15 is 0 Å². The number of fused-ring (bicyclic) bond motifs is 1. The van der Waals surface area contributed by atoms with Gasteiger partial charge >= 0.3 is 0 Å². The maximum atomic E-state index is 13.4. The number of hydrogen-bond donors (Lipinski definition) is 0. The summed E-state index contributed by atoms with van der Waals surface area (Å²) in [5.74, 6) is 1.36. The van der Waals surface area contributed by atoms with Crippen LogP contribution in [0.15, 0.2) is 83.8 Å². The lowest BCUT2D eigenvalue weighted by molar-refractivity contribution is -0.118. The van der Waals surface area contributed by atoms with E-state index in [1.807, 2.05) is 86.1 Å². The van der Waals surface area contributed by atoms with E-state index in [0.717, 1.165) is 72.8 Å². The molecule has 7 heteroatoms. The zero-order chi connectivity index (χ0) is 27.2. The zero-order valence-corrected chi connectivity index (χ0v) is 24.3. The van der Waals surface area contributed by atoms with Gasteiger partial charge in [-0.05, 0) is 81.4 Å². The molecular weight excluding hydrogens is 524 g/mol. The Bertz CT molecular complexity index is 1280. The van der Waals surface area contributed by atoms with E-state index in [2.05, 4.69) is 11.0 Å². The van der Waals surface area contributed by atoms with Crippen LogP contribution in [0.1, 0.15) is 41.6 Å². The number of anilines is 1. The maximum absolute atomic E-state index is 13.4. The molecule has 3 aromatic carbocycles. The second-order valence-corrected chi connectivity index (χ2v) is 12.7. The minimum atomic E-state index is -0.708. The van der Waals surface area contributed by atoms with Crippen molar-refractivity contribution in [3.8, 4) is 5.75 Å². The van der Waals surface area contributed by atoms with E-state index in [1.54, 1.807) is 28.4 Å². The number of likely N-dealkylation sites (tertiary alicyclic amines) is 1. The molecule has 1 unspecified atom stereocenters. The van der Waals surface area contributed by atoms with Gasteiger partial charge in [0.25, 0.3) is 5.91 Å². The lowest BCUT2D eigenvalue weighted by atomic mass is 9.89. The fraction of sp³-hybridized carbons (Fsp3) is 0.375. The molecule has 2 heterocycles. The monoisotopic (exact) mass is 560 g/mol. The van der Waals surface area contributed by atoms with Gasteiger partial charge in [0.15, 0.2) is 9.86 Å². The Hall–Kier alpha value is -2.74. The normalized spacial score (nSPS) is 20.1. The predicted octanol–water partition coefficient (Wildman–Crippen LogP) is 6.73. The van der Waals surface area contributed by atoms with Gasteiger partial charge in [-0.3, -0.25) is 9.59 Å². The SMILES string of the molecule is CSC1(c2ccc(OCCCCN3CCC(C(=O)c4ccccc4)CC3)cc2)Sc2ccccc2N(C)C1=O. The molecule has 39 heavy (non-hydrogen) atoms. The van der Waals surface area contributed by atoms with Gasteiger partial charge in [-0.25, -0.2) is 0 Å². The largest absolute Gasteiger partial charge is 0.494 e. The van der Waals surface area contributed by atoms with E-state index in [4.69, 9.17) is 4.74 Å². The number of para-hydroxylation sites is 1. The molecule has 204 valence electrons. The Morgan fingerprint density at radius 2 is 1.67 bits per heavy atom. The second kappa shape index (κ2) is 12.6. The Morgan fingerprint density at radius 1 is 0.974 bits per heavy atom. The van der Waals surface area contributed by atoms with Crippen LogP contribution in [0.3, 0.4) is 0 Å². The molecule has 0 radical (unpaired) electrons. The number of unbranched alkanes of at least 4 members (excludes halogenated alkanes) is 1. The number of likely N-dealkylation sites (N-methyl/N-ethyl adjacent to an activating group) is 1. The molecule has 0 bridgehead atoms. The lowest BCUT2D eigenvalue weighted by Gasteiger charge is -2.39. The Balaban J connectivity index is 1.07. The quantitative estimate of drug-likeness (QED) is 0.203. The first-order valence-electron chi connectivity index (χ1n) is 13.7. The van der Waals surface area contributed by atoms with Crippen LogP contribution in [-0.4, -0.2) is 56.1 Å². The van der Waals surface area contributed by atoms with Gasteiger partial charge in [-0.15, -0.1) is 11.8 Å². The number of piperidine rings is 1. The highest BCUT2D eigenvalue weighted by Crippen LogP contribution is 2.55. The van der Waals surface area contributed by atoms with Crippen molar-refractivity contribution in [2.45, 2.75) is 34.7 Å². The van der Waals surface area contributed by atoms with E-state index in [1.165, 1.54) is 0 Å². The molecular formula is C32H36N2O3S2. The van der Waals surface area contributed by atoms with Crippen molar-refractivity contribution in [1.82, 2.24) is 4.90 Å². The molecule has 0 aliphatic carbocycles. The summed E-state index contributed by atoms with van der Waals surface area (Å²) in [6.07, 6.45) is 5.93. The van der Waals surface area contributed by atoms with Crippen LogP contribution in [0.4, 0.5) is 5.69 Å². The van der Waals surface area contributed by atoms with Crippen LogP contribution >= 0.6 is 23.5 Å². The molecule has 3 aromatic rings. The van der Waals surface area contributed by atoms with Crippen LogP contribution in [0.5, 0.6) is 5.75 Å². The predicted molar refractivity (Wildman–Crippen MR) is 162 cm³/mol. The second-order valence-electron chi connectivity index (χ2n) is 10.2. The lowest BCUT2D eigenvalue weighted by Crippen LogP contribution is -2.44. The van der Waals surface area contributed by atoms with Crippen molar-refractivity contribution in [3.63, 3.8) is 0 Å². The molecule has 1 amide bonds. The first kappa shape index (κ1) is 27.8. The Kier molecular flexibility index (Phi) is 9.00. The number of ether oxygens (including phenoxy) is 1. The summed E-state index contributed by atoms with van der Waals surface area (Å²) in [4.78, 5) is 31.5. The minimum absolute atomic E-state index is 0.0841. The van der Waals surface area contributed by atoms with Crippen molar-refractivity contribution in [1.29, 1.82) is 0 Å². The van der Waals surface area contributed by atoms with E-state index in [-0.39, 0.29) is 11.8 Å². The molecule has 1 atom stereocenters. The Labute approximate surface area is 240 Å². The number of ketones is 1. The van der Waals surface area contributed by atoms with Crippen LogP contribution in [0, 0.1) is 5.92 Å². The highest BCUT2D eigenvalue weighted by Gasteiger charge is 2.47. The van der Waals surface area contributed by atoms with Gasteiger partial charge in [0, 0.05) is 23.4 Å². The summed E-state index contributed by atoms with van der Waals surface area (Å²) in [7, 11) is 1.86. The Morgan fingerprint density at radius 3 is 2.38 bits per heavy atom. The number of rotatable bonds is 10. The summed E-state index contributed by atoms with van der Waals surface area (Å²) >= 11 is 3.19. The fourth-order valence-corrected chi connectivity index (χ4v) is 7.96. The number of carbonyl (C=O) groups excluding carboxylic acids is 2. The van der Waals surface area contributed by atoms with Crippen LogP contribution in [-0.2, 0) is 8.87 Å². The van der Waals surface area contributed by atoms with Gasteiger partial charge < -0.3 is 14.5 Å². The molecule has 2 aliphatic heterocycles. The zero-order valence-electron chi connectivity index (χ0n) is 22.7. The molecule has 0 spiro atoms. The van der Waals surface area contributed by atoms with Gasteiger partial charge in [-0.1, -0.05) is 66.4 Å². The first-order valence-corrected chi connectivity index (χ1v) is 15.7. The average Bonchev–Trinajstić information content (AvgIpc) is 2.99. The number of Topliss-reactive ketones (excluding diaryl/α,β-unsaturated/α-hetero) is 1. The highest BCUT2D eigenvalue weighted by atomic mass is 32.2. The third-order valence-corrected chi connectivity index (χ3v) is 10.7. The van der Waals surface area contributed by atoms with E-state index < -0.39 is 4.08 Å². The molecule has 5 rings (SSSR count). The average molecular weight is 561 g/mol. The fourth-order valence-electron chi connectivity index (χ4n) is 5.43. The molecule has 2 aliphatic rings. The van der Waals surface area contributed by atoms with Crippen molar-refractivity contribution in [2.75, 3.05) is 44.4 Å². The van der Waals surface area contributed by atoms with Crippen molar-refractivity contribution in [2.24, 2.45) is 5.92 Å². The first-order chi connectivity index (χ1) is 19.0. The van der Waals surface area contributed by atoms with Gasteiger partial charge in [0.2, 0.25) is 0 Å². The van der Waals surface area contributed by atoms with Crippen LogP contribution < -0.4 is 9.64 Å². The standard InChI is InChI=1S/C32H36N2O3S2/c1-33-28-12-6-7-13-29(28)39-32(38-2,31(33)36)26-14-16-27(17-15-26)37-23-9-8-20-34-21-18-25(19-22-34)30(35)24-10-4-3-5-11-24/h3-7,10-17,25H,8-9,18-23H2,1-2H3. The smallest absolute Gasteiger partial charge is 0.258 e. The third kappa shape index (κ3) is 6.06. The van der Waals surface area contributed by atoms with E-state index in [9.17, 15) is 9.59 Å². The van der Waals surface area contributed by atoms with Crippen LogP contribution in [0.25, 0.3) is 0 Å². The van der Waals surface area contributed by atoms with Crippen molar-refractivity contribution >= 4 is 40.9 Å². The molecule has 0 aromatic heterocycles. The maximum Gasteiger partial charge on any atom is 0.258 e. The van der Waals surface area contributed by atoms with Crippen molar-refractivity contribution < 1.29 is 14.3 Å². The molecule has 0 saturated carbocycles. The number of thioether (sulfide) groups is 2. The molecule has 0 N–H and O–H groups in total. The highest BCUT2D eigenvalue weighted by molar-refractivity contribution is 8.18. The number of hydrogen-bond acceptors (Lipinski definition) is 6. The summed E-state index contributed by atoms with van der Waals surface area (Å²) in [6, 6.07) is 25.8. The minimum Gasteiger partial charge on any atom is -0.494 e. The van der Waals surface area contributed by atoms with E-state index in [0.29, 0.717) is 12.4 Å². The molecule has 1 fully saturated rings. The van der Waals surface area contributed by atoms with Gasteiger partial charge in [0.05, 0.1) is 12.3 Å². The number of carbonyl (C=O) groups is 2. The summed E-state index contributed by atoms with van der Waals surface area (Å²) < 4.78 is 5.33. The summed E-state index contributed by atoms with van der Waals surface area (Å²) in [6.45, 7) is 3.68. The summed E-state index contributed by atoms with van der Waals surface area (Å²) in [5.41, 5.74) is 2.78. The topological polar surface area (TPSA) is 49.9 Å². The summed E-state index contributed by atoms with van der Waals surface area (Å²) in [5, 5.41) is 0. The van der Waals surface area contributed by atoms with Gasteiger partial charge in [-0.2, -0.15) is 0 Å². The number of amides is 1. The molecule has 1 saturated heterocycles. The van der Waals surface area contributed by atoms with Crippen molar-refractivity contribution in [3.05, 3.63) is 90.0 Å². The third-order valence-electron chi connectivity index (χ3n) is 7.74. The number of benzene rings is 3. The number of nitrogens with zero attached hydrogens (tertiary/aromatic N) is 2.